The minimum absolute atomic E-state index is 0.0218. The molecule has 0 spiro atoms. The van der Waals surface area contributed by atoms with E-state index < -0.39 is 16.2 Å². The van der Waals surface area contributed by atoms with Crippen molar-refractivity contribution in [1.29, 1.82) is 0 Å². The van der Waals surface area contributed by atoms with Crippen molar-refractivity contribution in [3.8, 4) is 11.5 Å². The Bertz CT molecular complexity index is 981. The van der Waals surface area contributed by atoms with Crippen LogP contribution >= 0.6 is 0 Å². The van der Waals surface area contributed by atoms with Crippen LogP contribution in [0.5, 0.6) is 11.5 Å². The Kier molecular flexibility index (Phi) is 4.43. The molecule has 6 nitrogen and oxygen atoms in total. The molecule has 1 heterocycles. The maximum absolute atomic E-state index is 12.4. The van der Waals surface area contributed by atoms with Crippen LogP contribution < -0.4 is 15.5 Å². The topological polar surface area (TPSA) is 85.6 Å². The summed E-state index contributed by atoms with van der Waals surface area (Å²) >= 11 is 0. The maximum Gasteiger partial charge on any atom is 0.216 e. The van der Waals surface area contributed by atoms with Crippen molar-refractivity contribution in [3.63, 3.8) is 0 Å². The Morgan fingerprint density at radius 2 is 1.96 bits per heavy atom. The number of carbonyl (C=O) groups excluding carboxylic acids is 1. The first-order valence-electron chi connectivity index (χ1n) is 6.96. The molecule has 3 rings (SSSR count). The number of carbonyl (C=O) groups is 1. The van der Waals surface area contributed by atoms with E-state index >= 15 is 0 Å². The fourth-order valence-corrected chi connectivity index (χ4v) is 2.88. The predicted octanol–water partition coefficient (Wildman–Crippen LogP) is 2.89. The second-order valence-corrected chi connectivity index (χ2v) is 6.25. The fourth-order valence-electron chi connectivity index (χ4n) is 2.22. The molecular weight excluding hydrogens is 330 g/mol. The van der Waals surface area contributed by atoms with Gasteiger partial charge in [-0.1, -0.05) is 18.2 Å². The highest BCUT2D eigenvalue weighted by Gasteiger charge is 2.15. The zero-order chi connectivity index (χ0) is 17.1. The molecule has 0 saturated heterocycles. The van der Waals surface area contributed by atoms with Gasteiger partial charge in [0, 0.05) is 12.3 Å². The van der Waals surface area contributed by atoms with E-state index in [1.165, 1.54) is 18.4 Å². The quantitative estimate of drug-likeness (QED) is 0.720. The van der Waals surface area contributed by atoms with E-state index in [0.29, 0.717) is 22.8 Å². The van der Waals surface area contributed by atoms with E-state index in [2.05, 4.69) is 5.32 Å². The zero-order valence-corrected chi connectivity index (χ0v) is 13.5. The van der Waals surface area contributed by atoms with Crippen LogP contribution in [0.4, 0.5) is 5.69 Å². The summed E-state index contributed by atoms with van der Waals surface area (Å²) in [6.07, 6.45) is 3.06. The lowest BCUT2D eigenvalue weighted by Gasteiger charge is -2.11. The van der Waals surface area contributed by atoms with Crippen molar-refractivity contribution in [2.45, 2.75) is 4.90 Å². The largest absolute Gasteiger partial charge is 0.462 e. The summed E-state index contributed by atoms with van der Waals surface area (Å²) in [5.41, 5.74) is -0.120. The van der Waals surface area contributed by atoms with Crippen LogP contribution in [-0.4, -0.2) is 16.9 Å². The molecule has 1 N–H and O–H groups in total. The Morgan fingerprint density at radius 3 is 2.62 bits per heavy atom. The van der Waals surface area contributed by atoms with Crippen molar-refractivity contribution in [2.24, 2.45) is 0 Å². The number of ether oxygens (including phenoxy) is 1. The third-order valence-electron chi connectivity index (χ3n) is 3.33. The molecule has 0 saturated carbocycles. The van der Waals surface area contributed by atoms with Gasteiger partial charge in [-0.2, -0.15) is 0 Å². The van der Waals surface area contributed by atoms with E-state index in [-0.39, 0.29) is 16.7 Å². The number of hydrogen-bond donors (Lipinski definition) is 1. The number of rotatable bonds is 5. The van der Waals surface area contributed by atoms with E-state index in [0.717, 1.165) is 6.26 Å². The minimum atomic E-state index is -1.34. The third kappa shape index (κ3) is 3.07. The first-order valence-corrected chi connectivity index (χ1v) is 8.52. The second kappa shape index (κ2) is 6.67. The highest BCUT2D eigenvalue weighted by Crippen LogP contribution is 2.31. The SMILES string of the molecule is CS(=O)c1cc2occ(NC=O)c(=O)c2cc1Oc1ccccc1. The molecule has 0 fully saturated rings. The van der Waals surface area contributed by atoms with E-state index in [1.807, 2.05) is 6.07 Å². The molecule has 1 aromatic heterocycles. The molecule has 1 amide bonds. The summed E-state index contributed by atoms with van der Waals surface area (Å²) in [6.45, 7) is 0. The standard InChI is InChI=1S/C17H13NO5S/c1-24(21)16-8-14-12(17(20)13(9-22-14)18-10-19)7-15(16)23-11-5-3-2-4-6-11/h2-10H,1H3,(H,18,19). The monoisotopic (exact) mass is 343 g/mol. The lowest BCUT2D eigenvalue weighted by atomic mass is 10.2. The number of nitrogens with one attached hydrogen (secondary N) is 1. The number of para-hydroxylation sites is 1. The average molecular weight is 343 g/mol. The number of hydrogen-bond acceptors (Lipinski definition) is 5. The van der Waals surface area contributed by atoms with Crippen molar-refractivity contribution >= 4 is 33.9 Å². The maximum atomic E-state index is 12.4. The third-order valence-corrected chi connectivity index (χ3v) is 4.27. The van der Waals surface area contributed by atoms with Gasteiger partial charge >= 0.3 is 0 Å². The van der Waals surface area contributed by atoms with Gasteiger partial charge in [-0.3, -0.25) is 13.8 Å². The number of benzene rings is 2. The Hall–Kier alpha value is -2.93. The van der Waals surface area contributed by atoms with Gasteiger partial charge in [0.15, 0.2) is 0 Å². The molecule has 0 aliphatic rings. The molecular formula is C17H13NO5S. The Labute approximate surface area is 139 Å². The van der Waals surface area contributed by atoms with E-state index in [9.17, 15) is 13.8 Å². The van der Waals surface area contributed by atoms with Gasteiger partial charge in [0.05, 0.1) is 21.1 Å². The number of fused-ring (bicyclic) bond motifs is 1. The van der Waals surface area contributed by atoms with Gasteiger partial charge in [0.2, 0.25) is 11.8 Å². The molecule has 2 aromatic carbocycles. The van der Waals surface area contributed by atoms with Crippen LogP contribution in [-0.2, 0) is 15.6 Å². The second-order valence-electron chi connectivity index (χ2n) is 4.91. The van der Waals surface area contributed by atoms with Crippen molar-refractivity contribution in [1.82, 2.24) is 0 Å². The number of anilines is 1. The minimum Gasteiger partial charge on any atom is -0.462 e. The molecule has 1 atom stereocenters. The highest BCUT2D eigenvalue weighted by molar-refractivity contribution is 7.84. The zero-order valence-electron chi connectivity index (χ0n) is 12.6. The summed E-state index contributed by atoms with van der Waals surface area (Å²) in [6, 6.07) is 11.9. The molecule has 0 aliphatic carbocycles. The van der Waals surface area contributed by atoms with Gasteiger partial charge in [-0.25, -0.2) is 0 Å². The molecule has 122 valence electrons. The summed E-state index contributed by atoms with van der Waals surface area (Å²) in [5.74, 6) is 0.847. The summed E-state index contributed by atoms with van der Waals surface area (Å²) in [5, 5.41) is 2.51. The lowest BCUT2D eigenvalue weighted by Crippen LogP contribution is -2.10. The Balaban J connectivity index is 2.19. The fraction of sp³-hybridized carbons (Fsp3) is 0.0588. The molecule has 3 aromatic rings. The average Bonchev–Trinajstić information content (AvgIpc) is 2.58. The van der Waals surface area contributed by atoms with Gasteiger partial charge in [0.1, 0.15) is 29.0 Å². The molecule has 0 aliphatic heterocycles. The van der Waals surface area contributed by atoms with Crippen molar-refractivity contribution in [3.05, 3.63) is 59.0 Å². The summed E-state index contributed by atoms with van der Waals surface area (Å²) < 4.78 is 23.1. The molecule has 24 heavy (non-hydrogen) atoms. The van der Waals surface area contributed by atoms with Crippen LogP contribution in [0, 0.1) is 0 Å². The van der Waals surface area contributed by atoms with Crippen molar-refractivity contribution in [2.75, 3.05) is 11.6 Å². The van der Waals surface area contributed by atoms with Crippen LogP contribution in [0.1, 0.15) is 0 Å². The molecule has 0 bridgehead atoms. The predicted molar refractivity (Wildman–Crippen MR) is 91.0 cm³/mol. The molecule has 1 unspecified atom stereocenters. The first kappa shape index (κ1) is 15.9. The van der Waals surface area contributed by atoms with Gasteiger partial charge < -0.3 is 14.5 Å². The van der Waals surface area contributed by atoms with E-state index in [1.54, 1.807) is 24.3 Å². The lowest BCUT2D eigenvalue weighted by molar-refractivity contribution is -0.105. The van der Waals surface area contributed by atoms with E-state index in [4.69, 9.17) is 9.15 Å². The highest BCUT2D eigenvalue weighted by atomic mass is 32.2. The van der Waals surface area contributed by atoms with Gasteiger partial charge in [-0.15, -0.1) is 0 Å². The smallest absolute Gasteiger partial charge is 0.216 e. The van der Waals surface area contributed by atoms with Gasteiger partial charge in [-0.05, 0) is 18.2 Å². The van der Waals surface area contributed by atoms with Gasteiger partial charge in [0.25, 0.3) is 0 Å². The summed E-state index contributed by atoms with van der Waals surface area (Å²) in [4.78, 5) is 23.4. The van der Waals surface area contributed by atoms with Crippen LogP contribution in [0.25, 0.3) is 11.0 Å². The molecule has 0 radical (unpaired) electrons. The first-order chi connectivity index (χ1) is 11.6. The molecule has 7 heteroatoms. The van der Waals surface area contributed by atoms with Crippen LogP contribution in [0.15, 0.2) is 62.8 Å². The summed E-state index contributed by atoms with van der Waals surface area (Å²) in [7, 11) is -1.34. The Morgan fingerprint density at radius 1 is 1.21 bits per heavy atom. The number of amides is 1. The van der Waals surface area contributed by atoms with Crippen LogP contribution in [0.3, 0.4) is 0 Å². The van der Waals surface area contributed by atoms with Crippen LogP contribution in [0.2, 0.25) is 0 Å². The normalized spacial score (nSPS) is 11.9. The van der Waals surface area contributed by atoms with Crippen molar-refractivity contribution < 1.29 is 18.2 Å².